The van der Waals surface area contributed by atoms with Crippen molar-refractivity contribution in [2.75, 3.05) is 13.2 Å². The highest BCUT2D eigenvalue weighted by Gasteiger charge is 2.48. The van der Waals surface area contributed by atoms with Crippen molar-refractivity contribution in [3.8, 4) is 0 Å². The Kier molecular flexibility index (Phi) is 3.94. The van der Waals surface area contributed by atoms with Gasteiger partial charge in [0, 0.05) is 24.7 Å². The van der Waals surface area contributed by atoms with E-state index in [2.05, 4.69) is 0 Å². The number of hydrogen-bond donors (Lipinski definition) is 0. The monoisotopic (exact) mass is 240 g/mol. The average Bonchev–Trinajstić information content (AvgIpc) is 2.78. The third-order valence-electron chi connectivity index (χ3n) is 3.91. The molecule has 2 rings (SSSR count). The fraction of sp³-hybridized carbons (Fsp3) is 0.846. The fourth-order valence-electron chi connectivity index (χ4n) is 3.08. The molecule has 1 unspecified atom stereocenters. The predicted molar refractivity (Wildman–Crippen MR) is 61.5 cm³/mol. The van der Waals surface area contributed by atoms with E-state index >= 15 is 0 Å². The summed E-state index contributed by atoms with van der Waals surface area (Å²) in [6.45, 7) is 1.26. The van der Waals surface area contributed by atoms with Gasteiger partial charge in [0.2, 0.25) is 0 Å². The first kappa shape index (κ1) is 12.7. The van der Waals surface area contributed by atoms with Gasteiger partial charge in [0.05, 0.1) is 13.2 Å². The molecule has 4 heteroatoms. The van der Waals surface area contributed by atoms with E-state index in [-0.39, 0.29) is 5.41 Å². The molecule has 96 valence electrons. The van der Waals surface area contributed by atoms with E-state index in [1.54, 1.807) is 0 Å². The minimum absolute atomic E-state index is 0.342. The summed E-state index contributed by atoms with van der Waals surface area (Å²) >= 11 is 0. The lowest BCUT2D eigenvalue weighted by atomic mass is 9.69. The summed E-state index contributed by atoms with van der Waals surface area (Å²) in [4.78, 5) is 21.8. The normalized spacial score (nSPS) is 31.5. The smallest absolute Gasteiger partial charge is 0.169 e. The molecule has 17 heavy (non-hydrogen) atoms. The van der Waals surface area contributed by atoms with Crippen molar-refractivity contribution >= 4 is 12.6 Å². The van der Waals surface area contributed by atoms with Crippen LogP contribution < -0.4 is 0 Å². The minimum Gasteiger partial charge on any atom is -0.348 e. The van der Waals surface area contributed by atoms with Crippen LogP contribution in [0.4, 0.5) is 0 Å². The van der Waals surface area contributed by atoms with Gasteiger partial charge >= 0.3 is 0 Å². The molecule has 1 saturated carbocycles. The molecular weight excluding hydrogens is 220 g/mol. The molecule has 0 radical (unpaired) electrons. The number of ether oxygens (including phenoxy) is 2. The molecule has 0 bridgehead atoms. The van der Waals surface area contributed by atoms with E-state index in [9.17, 15) is 9.59 Å². The molecule has 2 fully saturated rings. The van der Waals surface area contributed by atoms with Crippen molar-refractivity contribution in [2.45, 2.75) is 50.7 Å². The maximum atomic E-state index is 11.4. The number of unbranched alkanes of at least 4 members (excludes halogenated alkanes) is 1. The topological polar surface area (TPSA) is 52.6 Å². The molecule has 1 heterocycles. The van der Waals surface area contributed by atoms with Crippen molar-refractivity contribution < 1.29 is 19.1 Å². The molecule has 1 saturated heterocycles. The Morgan fingerprint density at radius 3 is 2.53 bits per heavy atom. The van der Waals surface area contributed by atoms with Crippen LogP contribution in [0.15, 0.2) is 0 Å². The molecule has 2 aliphatic rings. The summed E-state index contributed by atoms with van der Waals surface area (Å²) in [5, 5.41) is 0. The Bertz CT molecular complexity index is 283. The van der Waals surface area contributed by atoms with Crippen molar-refractivity contribution in [3.63, 3.8) is 0 Å². The SMILES string of the molecule is O=CCCCC1(C=O)CCCC2(C1)OCCO2. The average molecular weight is 240 g/mol. The molecule has 4 nitrogen and oxygen atoms in total. The van der Waals surface area contributed by atoms with Crippen LogP contribution in [-0.4, -0.2) is 31.6 Å². The van der Waals surface area contributed by atoms with Crippen LogP contribution in [0, 0.1) is 5.41 Å². The van der Waals surface area contributed by atoms with Gasteiger partial charge in [0.25, 0.3) is 0 Å². The maximum absolute atomic E-state index is 11.4. The summed E-state index contributed by atoms with van der Waals surface area (Å²) in [5.74, 6) is -0.514. The van der Waals surface area contributed by atoms with Crippen LogP contribution in [0.25, 0.3) is 0 Å². The van der Waals surface area contributed by atoms with Crippen LogP contribution in [0.3, 0.4) is 0 Å². The lowest BCUT2D eigenvalue weighted by molar-refractivity contribution is -0.201. The van der Waals surface area contributed by atoms with Gasteiger partial charge in [0.15, 0.2) is 5.79 Å². The first-order valence-electron chi connectivity index (χ1n) is 6.42. The lowest BCUT2D eigenvalue weighted by Crippen LogP contribution is -2.43. The molecule has 1 spiro atoms. The lowest BCUT2D eigenvalue weighted by Gasteiger charge is -2.41. The summed E-state index contributed by atoms with van der Waals surface area (Å²) in [6, 6.07) is 0. The van der Waals surface area contributed by atoms with E-state index in [4.69, 9.17) is 9.47 Å². The molecule has 0 amide bonds. The van der Waals surface area contributed by atoms with E-state index in [1.807, 2.05) is 0 Å². The maximum Gasteiger partial charge on any atom is 0.169 e. The van der Waals surface area contributed by atoms with Crippen LogP contribution in [-0.2, 0) is 19.1 Å². The molecule has 1 aliphatic heterocycles. The summed E-state index contributed by atoms with van der Waals surface area (Å²) in [7, 11) is 0. The third-order valence-corrected chi connectivity index (χ3v) is 3.91. The Morgan fingerprint density at radius 2 is 1.88 bits per heavy atom. The quantitative estimate of drug-likeness (QED) is 0.543. The van der Waals surface area contributed by atoms with E-state index in [0.29, 0.717) is 26.1 Å². The van der Waals surface area contributed by atoms with Crippen LogP contribution >= 0.6 is 0 Å². The van der Waals surface area contributed by atoms with Gasteiger partial charge in [-0.3, -0.25) is 0 Å². The van der Waals surface area contributed by atoms with E-state index in [0.717, 1.165) is 44.7 Å². The molecule has 0 aromatic heterocycles. The number of aldehydes is 2. The van der Waals surface area contributed by atoms with Crippen LogP contribution in [0.1, 0.15) is 44.9 Å². The number of carbonyl (C=O) groups is 2. The highest BCUT2D eigenvalue weighted by molar-refractivity contribution is 5.60. The summed E-state index contributed by atoms with van der Waals surface area (Å²) in [5.41, 5.74) is -0.342. The summed E-state index contributed by atoms with van der Waals surface area (Å²) < 4.78 is 11.4. The van der Waals surface area contributed by atoms with Crippen molar-refractivity contribution in [2.24, 2.45) is 5.41 Å². The molecule has 0 aromatic rings. The zero-order valence-corrected chi connectivity index (χ0v) is 10.2. The van der Waals surface area contributed by atoms with Crippen LogP contribution in [0.5, 0.6) is 0 Å². The highest BCUT2D eigenvalue weighted by atomic mass is 16.7. The first-order valence-corrected chi connectivity index (χ1v) is 6.42. The van der Waals surface area contributed by atoms with Crippen molar-refractivity contribution in [1.29, 1.82) is 0 Å². The Balaban J connectivity index is 2.00. The van der Waals surface area contributed by atoms with Crippen molar-refractivity contribution in [3.05, 3.63) is 0 Å². The first-order chi connectivity index (χ1) is 8.24. The molecular formula is C13H20O4. The van der Waals surface area contributed by atoms with Gasteiger partial charge in [0.1, 0.15) is 12.6 Å². The highest BCUT2D eigenvalue weighted by Crippen LogP contribution is 2.47. The second kappa shape index (κ2) is 5.27. The Morgan fingerprint density at radius 1 is 1.12 bits per heavy atom. The van der Waals surface area contributed by atoms with E-state index in [1.165, 1.54) is 0 Å². The molecule has 0 aromatic carbocycles. The molecule has 0 N–H and O–H groups in total. The second-order valence-corrected chi connectivity index (χ2v) is 5.18. The number of rotatable bonds is 5. The summed E-state index contributed by atoms with van der Waals surface area (Å²) in [6.07, 6.45) is 7.44. The van der Waals surface area contributed by atoms with Gasteiger partial charge in [-0.2, -0.15) is 0 Å². The molecule has 1 aliphatic carbocycles. The van der Waals surface area contributed by atoms with Gasteiger partial charge in [-0.15, -0.1) is 0 Å². The van der Waals surface area contributed by atoms with E-state index < -0.39 is 5.79 Å². The van der Waals surface area contributed by atoms with Gasteiger partial charge in [-0.05, 0) is 25.7 Å². The number of carbonyl (C=O) groups excluding carboxylic acids is 2. The zero-order chi connectivity index (χ0) is 12.2. The minimum atomic E-state index is -0.514. The molecule has 1 atom stereocenters. The Hall–Kier alpha value is -0.740. The van der Waals surface area contributed by atoms with Gasteiger partial charge in [-0.25, -0.2) is 0 Å². The van der Waals surface area contributed by atoms with Crippen LogP contribution in [0.2, 0.25) is 0 Å². The second-order valence-electron chi connectivity index (χ2n) is 5.18. The Labute approximate surface area is 102 Å². The van der Waals surface area contributed by atoms with Gasteiger partial charge in [-0.1, -0.05) is 0 Å². The third kappa shape index (κ3) is 2.75. The largest absolute Gasteiger partial charge is 0.348 e. The van der Waals surface area contributed by atoms with Gasteiger partial charge < -0.3 is 19.1 Å². The van der Waals surface area contributed by atoms with Crippen molar-refractivity contribution in [1.82, 2.24) is 0 Å². The number of hydrogen-bond acceptors (Lipinski definition) is 4. The standard InChI is InChI=1S/C13H20O4/c14-7-2-1-4-12(11-15)5-3-6-13(10-12)16-8-9-17-13/h7,11H,1-6,8-10H2. The predicted octanol–water partition coefficient (Wildman–Crippen LogP) is 1.86. The fourth-order valence-corrected chi connectivity index (χ4v) is 3.08. The zero-order valence-electron chi connectivity index (χ0n) is 10.2.